The van der Waals surface area contributed by atoms with Crippen LogP contribution in [0.1, 0.15) is 19.3 Å². The van der Waals surface area contributed by atoms with Gasteiger partial charge >= 0.3 is 0 Å². The number of carbonyl (C=O) groups is 1. The number of piperidine rings is 1. The van der Waals surface area contributed by atoms with Gasteiger partial charge in [-0.25, -0.2) is 3.93 Å². The maximum absolute atomic E-state index is 10.3. The Labute approximate surface area is 63.6 Å². The van der Waals surface area contributed by atoms with E-state index in [-0.39, 0.29) is 6.04 Å². The maximum Gasteiger partial charge on any atom is 0.138 e. The highest BCUT2D eigenvalue weighted by Crippen LogP contribution is 2.17. The highest BCUT2D eigenvalue weighted by atomic mass is 79.9. The van der Waals surface area contributed by atoms with Gasteiger partial charge in [0.1, 0.15) is 6.29 Å². The van der Waals surface area contributed by atoms with E-state index in [1.807, 2.05) is 3.93 Å². The predicted octanol–water partition coefficient (Wildman–Crippen LogP) is 1.35. The van der Waals surface area contributed by atoms with Crippen LogP contribution in [0.15, 0.2) is 0 Å². The van der Waals surface area contributed by atoms with Crippen LogP contribution in [0.3, 0.4) is 0 Å². The fraction of sp³-hybridized carbons (Fsp3) is 0.833. The van der Waals surface area contributed by atoms with Gasteiger partial charge in [-0.3, -0.25) is 0 Å². The van der Waals surface area contributed by atoms with Gasteiger partial charge in [-0.2, -0.15) is 0 Å². The third-order valence-corrected chi connectivity index (χ3v) is 2.52. The lowest BCUT2D eigenvalue weighted by Gasteiger charge is -2.25. The summed E-state index contributed by atoms with van der Waals surface area (Å²) in [6.07, 6.45) is 4.41. The first-order chi connectivity index (χ1) is 4.34. The fourth-order valence-corrected chi connectivity index (χ4v) is 1.61. The van der Waals surface area contributed by atoms with Gasteiger partial charge in [0.15, 0.2) is 0 Å². The molecule has 1 atom stereocenters. The van der Waals surface area contributed by atoms with Crippen LogP contribution >= 0.6 is 16.1 Å². The Kier molecular flexibility index (Phi) is 2.66. The molecule has 1 unspecified atom stereocenters. The molecule has 0 aromatic carbocycles. The van der Waals surface area contributed by atoms with Crippen molar-refractivity contribution in [3.63, 3.8) is 0 Å². The average molecular weight is 192 g/mol. The van der Waals surface area contributed by atoms with Crippen molar-refractivity contribution >= 4 is 22.4 Å². The van der Waals surface area contributed by atoms with Gasteiger partial charge in [0.05, 0.1) is 6.04 Å². The lowest BCUT2D eigenvalue weighted by atomic mass is 10.1. The standard InChI is InChI=1S/C6H10BrNO/c7-8-4-2-1-3-6(8)5-9/h5-6H,1-4H2. The lowest BCUT2D eigenvalue weighted by Crippen LogP contribution is -2.32. The third-order valence-electron chi connectivity index (χ3n) is 1.64. The van der Waals surface area contributed by atoms with E-state index in [0.717, 1.165) is 19.3 Å². The number of carbonyl (C=O) groups excluding carboxylic acids is 1. The van der Waals surface area contributed by atoms with Gasteiger partial charge in [-0.05, 0) is 12.8 Å². The number of nitrogens with zero attached hydrogens (tertiary/aromatic N) is 1. The summed E-state index contributed by atoms with van der Waals surface area (Å²) in [6.45, 7) is 1.00. The van der Waals surface area contributed by atoms with Crippen LogP contribution in [0.5, 0.6) is 0 Å². The second-order valence-electron chi connectivity index (χ2n) is 2.32. The van der Waals surface area contributed by atoms with Crippen molar-refractivity contribution < 1.29 is 4.79 Å². The van der Waals surface area contributed by atoms with Crippen LogP contribution in [0.25, 0.3) is 0 Å². The quantitative estimate of drug-likeness (QED) is 0.461. The molecular weight excluding hydrogens is 182 g/mol. The minimum atomic E-state index is 0.124. The molecule has 1 rings (SSSR count). The zero-order chi connectivity index (χ0) is 6.69. The smallest absolute Gasteiger partial charge is 0.138 e. The van der Waals surface area contributed by atoms with Crippen molar-refractivity contribution in [1.29, 1.82) is 0 Å². The zero-order valence-corrected chi connectivity index (χ0v) is 6.80. The van der Waals surface area contributed by atoms with E-state index in [1.165, 1.54) is 12.8 Å². The second kappa shape index (κ2) is 3.32. The molecule has 1 saturated heterocycles. The predicted molar refractivity (Wildman–Crippen MR) is 39.3 cm³/mol. The van der Waals surface area contributed by atoms with E-state index in [0.29, 0.717) is 0 Å². The Hall–Kier alpha value is 0.110. The van der Waals surface area contributed by atoms with Gasteiger partial charge in [0.25, 0.3) is 0 Å². The number of hydrogen-bond acceptors (Lipinski definition) is 2. The lowest BCUT2D eigenvalue weighted by molar-refractivity contribution is -0.111. The largest absolute Gasteiger partial charge is 0.302 e. The van der Waals surface area contributed by atoms with Crippen LogP contribution < -0.4 is 0 Å². The number of halogens is 1. The van der Waals surface area contributed by atoms with E-state index < -0.39 is 0 Å². The summed E-state index contributed by atoms with van der Waals surface area (Å²) in [4.78, 5) is 10.3. The molecule has 0 saturated carbocycles. The minimum Gasteiger partial charge on any atom is -0.302 e. The monoisotopic (exact) mass is 191 g/mol. The molecule has 1 fully saturated rings. The molecule has 1 aliphatic heterocycles. The molecule has 0 aromatic heterocycles. The van der Waals surface area contributed by atoms with Crippen molar-refractivity contribution in [3.05, 3.63) is 0 Å². The van der Waals surface area contributed by atoms with Gasteiger partial charge in [0, 0.05) is 22.7 Å². The molecule has 1 heterocycles. The molecule has 0 aromatic rings. The highest BCUT2D eigenvalue weighted by Gasteiger charge is 2.18. The Balaban J connectivity index is 2.38. The molecule has 2 nitrogen and oxygen atoms in total. The molecule has 3 heteroatoms. The average Bonchev–Trinajstić information content (AvgIpc) is 1.89. The fourth-order valence-electron chi connectivity index (χ4n) is 1.06. The number of hydrogen-bond donors (Lipinski definition) is 0. The van der Waals surface area contributed by atoms with Gasteiger partial charge in [-0.15, -0.1) is 0 Å². The molecular formula is C6H10BrNO. The van der Waals surface area contributed by atoms with Crippen LogP contribution in [0, 0.1) is 0 Å². The second-order valence-corrected chi connectivity index (χ2v) is 3.23. The summed E-state index contributed by atoms with van der Waals surface area (Å²) in [5.74, 6) is 0. The number of rotatable bonds is 1. The zero-order valence-electron chi connectivity index (χ0n) is 5.22. The highest BCUT2D eigenvalue weighted by molar-refractivity contribution is 9.07. The van der Waals surface area contributed by atoms with E-state index in [1.54, 1.807) is 0 Å². The molecule has 52 valence electrons. The minimum absolute atomic E-state index is 0.124. The summed E-state index contributed by atoms with van der Waals surface area (Å²) in [6, 6.07) is 0.124. The summed E-state index contributed by atoms with van der Waals surface area (Å²) in [7, 11) is 0. The van der Waals surface area contributed by atoms with Crippen LogP contribution in [0.2, 0.25) is 0 Å². The SMILES string of the molecule is O=CC1CCCCN1Br. The van der Waals surface area contributed by atoms with Crippen molar-refractivity contribution in [2.24, 2.45) is 0 Å². The normalized spacial score (nSPS) is 30.1. The molecule has 0 spiro atoms. The van der Waals surface area contributed by atoms with Crippen molar-refractivity contribution in [3.8, 4) is 0 Å². The van der Waals surface area contributed by atoms with E-state index in [4.69, 9.17) is 0 Å². The summed E-state index contributed by atoms with van der Waals surface area (Å²) < 4.78 is 1.93. The summed E-state index contributed by atoms with van der Waals surface area (Å²) >= 11 is 3.32. The third kappa shape index (κ3) is 1.76. The molecule has 1 aliphatic rings. The Morgan fingerprint density at radius 1 is 1.56 bits per heavy atom. The van der Waals surface area contributed by atoms with Crippen molar-refractivity contribution in [1.82, 2.24) is 3.93 Å². The van der Waals surface area contributed by atoms with Crippen LogP contribution in [0.4, 0.5) is 0 Å². The Bertz CT molecular complexity index is 107. The molecule has 0 aliphatic carbocycles. The van der Waals surface area contributed by atoms with Gasteiger partial charge < -0.3 is 4.79 Å². The summed E-state index contributed by atoms with van der Waals surface area (Å²) in [5, 5.41) is 0. The first kappa shape index (κ1) is 7.22. The van der Waals surface area contributed by atoms with Crippen molar-refractivity contribution in [2.75, 3.05) is 6.54 Å². The molecule has 0 amide bonds. The summed E-state index contributed by atoms with van der Waals surface area (Å²) in [5.41, 5.74) is 0. The molecule has 9 heavy (non-hydrogen) atoms. The van der Waals surface area contributed by atoms with Gasteiger partial charge in [0.2, 0.25) is 0 Å². The maximum atomic E-state index is 10.3. The Morgan fingerprint density at radius 2 is 2.33 bits per heavy atom. The Morgan fingerprint density at radius 3 is 2.78 bits per heavy atom. The molecule has 0 radical (unpaired) electrons. The molecule has 0 bridgehead atoms. The first-order valence-corrected chi connectivity index (χ1v) is 3.93. The van der Waals surface area contributed by atoms with Gasteiger partial charge in [-0.1, -0.05) is 6.42 Å². The van der Waals surface area contributed by atoms with Crippen molar-refractivity contribution in [2.45, 2.75) is 25.3 Å². The first-order valence-electron chi connectivity index (χ1n) is 3.22. The van der Waals surface area contributed by atoms with E-state index in [2.05, 4.69) is 16.1 Å². The number of aldehydes is 1. The van der Waals surface area contributed by atoms with E-state index >= 15 is 0 Å². The van der Waals surface area contributed by atoms with Crippen LogP contribution in [-0.2, 0) is 4.79 Å². The van der Waals surface area contributed by atoms with E-state index in [9.17, 15) is 4.79 Å². The topological polar surface area (TPSA) is 20.3 Å². The molecule has 0 N–H and O–H groups in total. The van der Waals surface area contributed by atoms with Crippen LogP contribution in [-0.4, -0.2) is 22.8 Å².